The predicted octanol–water partition coefficient (Wildman–Crippen LogP) is 3.12. The molecular weight excluding hydrogens is 208 g/mol. The molecule has 15 heavy (non-hydrogen) atoms. The van der Waals surface area contributed by atoms with Gasteiger partial charge in [-0.3, -0.25) is 0 Å². The van der Waals surface area contributed by atoms with Gasteiger partial charge in [0.1, 0.15) is 10.8 Å². The van der Waals surface area contributed by atoms with E-state index < -0.39 is 0 Å². The number of hydrogen-bond donors (Lipinski definition) is 0. The van der Waals surface area contributed by atoms with Gasteiger partial charge in [0.25, 0.3) is 0 Å². The molecule has 4 heteroatoms. The number of hydrogen-bond acceptors (Lipinski definition) is 4. The van der Waals surface area contributed by atoms with Crippen molar-refractivity contribution in [2.75, 3.05) is 0 Å². The van der Waals surface area contributed by atoms with Crippen molar-refractivity contribution in [1.82, 2.24) is 9.97 Å². The Kier molecular flexibility index (Phi) is 2.78. The summed E-state index contributed by atoms with van der Waals surface area (Å²) in [7, 11) is 0. The van der Waals surface area contributed by atoms with E-state index in [4.69, 9.17) is 4.74 Å². The summed E-state index contributed by atoms with van der Waals surface area (Å²) in [6, 6.07) is 3.75. The zero-order chi connectivity index (χ0) is 10.7. The van der Waals surface area contributed by atoms with Crippen LogP contribution in [0.2, 0.25) is 0 Å². The van der Waals surface area contributed by atoms with Crippen molar-refractivity contribution in [2.24, 2.45) is 0 Å². The lowest BCUT2D eigenvalue weighted by Gasteiger charge is -2.03. The fourth-order valence-corrected chi connectivity index (χ4v) is 1.73. The van der Waals surface area contributed by atoms with E-state index in [2.05, 4.69) is 16.5 Å². The van der Waals surface area contributed by atoms with Crippen LogP contribution in [0.1, 0.15) is 6.92 Å². The van der Waals surface area contributed by atoms with Crippen molar-refractivity contribution in [2.45, 2.75) is 6.92 Å². The van der Waals surface area contributed by atoms with Gasteiger partial charge >= 0.3 is 0 Å². The maximum Gasteiger partial charge on any atom is 0.145 e. The third-order valence-electron chi connectivity index (χ3n) is 1.68. The number of allylic oxidation sites excluding steroid dienone is 1. The molecule has 0 aliphatic heterocycles. The number of ether oxygens (including phenoxy) is 1. The van der Waals surface area contributed by atoms with Crippen LogP contribution in [0.5, 0.6) is 5.75 Å². The fourth-order valence-electron chi connectivity index (χ4n) is 1.12. The number of aromatic nitrogens is 2. The van der Waals surface area contributed by atoms with E-state index in [-0.39, 0.29) is 0 Å². The van der Waals surface area contributed by atoms with Crippen LogP contribution in [0.15, 0.2) is 42.2 Å². The highest BCUT2D eigenvalue weighted by atomic mass is 32.1. The largest absolute Gasteiger partial charge is 0.461 e. The third kappa shape index (κ3) is 2.41. The van der Waals surface area contributed by atoms with Crippen LogP contribution in [0.4, 0.5) is 0 Å². The normalized spacial score (nSPS) is 9.93. The summed E-state index contributed by atoms with van der Waals surface area (Å²) < 4.78 is 5.31. The summed E-state index contributed by atoms with van der Waals surface area (Å²) >= 11 is 1.56. The second-order valence-corrected chi connectivity index (χ2v) is 3.92. The van der Waals surface area contributed by atoms with Gasteiger partial charge in [0, 0.05) is 11.6 Å². The number of nitrogens with zero attached hydrogens (tertiary/aromatic N) is 2. The molecule has 0 aliphatic carbocycles. The molecule has 0 spiro atoms. The quantitative estimate of drug-likeness (QED) is 0.742. The first-order valence-corrected chi connectivity index (χ1v) is 5.33. The van der Waals surface area contributed by atoms with E-state index in [1.165, 1.54) is 0 Å². The highest BCUT2D eigenvalue weighted by Crippen LogP contribution is 2.21. The first-order chi connectivity index (χ1) is 7.25. The van der Waals surface area contributed by atoms with Crippen LogP contribution < -0.4 is 4.74 Å². The standard InChI is InChI=1S/C11H10N2OS/c1-8(2)14-9-3-4-10(13-7-9)11-12-5-6-15-11/h3-7H,1H2,2H3. The van der Waals surface area contributed by atoms with E-state index in [1.807, 2.05) is 17.5 Å². The second-order valence-electron chi connectivity index (χ2n) is 3.02. The summed E-state index contributed by atoms with van der Waals surface area (Å²) in [5, 5.41) is 2.84. The Hall–Kier alpha value is -1.68. The van der Waals surface area contributed by atoms with Gasteiger partial charge in [-0.25, -0.2) is 9.97 Å². The maximum absolute atomic E-state index is 5.31. The first-order valence-electron chi connectivity index (χ1n) is 4.45. The third-order valence-corrected chi connectivity index (χ3v) is 2.48. The Bertz CT molecular complexity index is 448. The number of thiazole rings is 1. The average molecular weight is 218 g/mol. The van der Waals surface area contributed by atoms with Gasteiger partial charge in [0.05, 0.1) is 17.6 Å². The summed E-state index contributed by atoms with van der Waals surface area (Å²) in [4.78, 5) is 8.43. The molecule has 3 nitrogen and oxygen atoms in total. The lowest BCUT2D eigenvalue weighted by Crippen LogP contribution is -1.90. The zero-order valence-electron chi connectivity index (χ0n) is 8.30. The van der Waals surface area contributed by atoms with Crippen molar-refractivity contribution >= 4 is 11.3 Å². The monoisotopic (exact) mass is 218 g/mol. The SMILES string of the molecule is C=C(C)Oc1ccc(-c2nccs2)nc1. The molecule has 76 valence electrons. The van der Waals surface area contributed by atoms with Crippen LogP contribution in [-0.2, 0) is 0 Å². The molecule has 0 radical (unpaired) electrons. The molecule has 2 heterocycles. The highest BCUT2D eigenvalue weighted by molar-refractivity contribution is 7.13. The Morgan fingerprint density at radius 2 is 2.27 bits per heavy atom. The van der Waals surface area contributed by atoms with Gasteiger partial charge in [-0.15, -0.1) is 11.3 Å². The molecule has 2 aromatic rings. The van der Waals surface area contributed by atoms with Gasteiger partial charge in [-0.1, -0.05) is 6.58 Å². The van der Waals surface area contributed by atoms with Crippen LogP contribution in [0.3, 0.4) is 0 Å². The Morgan fingerprint density at radius 3 is 2.80 bits per heavy atom. The van der Waals surface area contributed by atoms with Crippen molar-refractivity contribution in [3.05, 3.63) is 42.2 Å². The molecular formula is C11H10N2OS. The van der Waals surface area contributed by atoms with Crippen LogP contribution >= 0.6 is 11.3 Å². The van der Waals surface area contributed by atoms with E-state index >= 15 is 0 Å². The number of rotatable bonds is 3. The summed E-state index contributed by atoms with van der Waals surface area (Å²) in [5.41, 5.74) is 0.860. The highest BCUT2D eigenvalue weighted by Gasteiger charge is 2.02. The molecule has 0 unspecified atom stereocenters. The van der Waals surface area contributed by atoms with Gasteiger partial charge in [0.15, 0.2) is 0 Å². The van der Waals surface area contributed by atoms with Crippen LogP contribution in [0.25, 0.3) is 10.7 Å². The summed E-state index contributed by atoms with van der Waals surface area (Å²) in [6.45, 7) is 5.46. The molecule has 2 rings (SSSR count). The van der Waals surface area contributed by atoms with E-state index in [0.29, 0.717) is 11.5 Å². The smallest absolute Gasteiger partial charge is 0.145 e. The molecule has 0 amide bonds. The predicted molar refractivity (Wildman–Crippen MR) is 60.8 cm³/mol. The van der Waals surface area contributed by atoms with E-state index in [1.54, 1.807) is 30.7 Å². The molecule has 0 fully saturated rings. The van der Waals surface area contributed by atoms with Gasteiger partial charge < -0.3 is 4.74 Å². The van der Waals surface area contributed by atoms with Gasteiger partial charge in [-0.05, 0) is 19.1 Å². The topological polar surface area (TPSA) is 35.0 Å². The number of pyridine rings is 1. The fraction of sp³-hybridized carbons (Fsp3) is 0.0909. The van der Waals surface area contributed by atoms with Crippen molar-refractivity contribution in [1.29, 1.82) is 0 Å². The van der Waals surface area contributed by atoms with E-state index in [9.17, 15) is 0 Å². The Labute approximate surface area is 92.1 Å². The Balaban J connectivity index is 2.21. The van der Waals surface area contributed by atoms with Crippen molar-refractivity contribution < 1.29 is 4.74 Å². The molecule has 2 aromatic heterocycles. The van der Waals surface area contributed by atoms with Crippen LogP contribution in [-0.4, -0.2) is 9.97 Å². The minimum Gasteiger partial charge on any atom is -0.461 e. The lowest BCUT2D eigenvalue weighted by atomic mass is 10.3. The molecule has 0 aliphatic rings. The van der Waals surface area contributed by atoms with Crippen molar-refractivity contribution in [3.63, 3.8) is 0 Å². The van der Waals surface area contributed by atoms with Crippen LogP contribution in [0, 0.1) is 0 Å². The minimum absolute atomic E-state index is 0.652. The molecule has 0 atom stereocenters. The zero-order valence-corrected chi connectivity index (χ0v) is 9.12. The second kappa shape index (κ2) is 4.23. The summed E-state index contributed by atoms with van der Waals surface area (Å²) in [6.07, 6.45) is 3.44. The molecule has 0 aromatic carbocycles. The minimum atomic E-state index is 0.652. The maximum atomic E-state index is 5.31. The average Bonchev–Trinajstić information content (AvgIpc) is 2.71. The van der Waals surface area contributed by atoms with E-state index in [0.717, 1.165) is 10.7 Å². The molecule has 0 N–H and O–H groups in total. The Morgan fingerprint density at radius 1 is 1.40 bits per heavy atom. The lowest BCUT2D eigenvalue weighted by molar-refractivity contribution is 0.428. The summed E-state index contributed by atoms with van der Waals surface area (Å²) in [5.74, 6) is 1.35. The molecule has 0 saturated carbocycles. The first kappa shape index (κ1) is 9.86. The molecule has 0 bridgehead atoms. The molecule has 0 saturated heterocycles. The van der Waals surface area contributed by atoms with Gasteiger partial charge in [0.2, 0.25) is 0 Å². The van der Waals surface area contributed by atoms with Crippen molar-refractivity contribution in [3.8, 4) is 16.5 Å². The van der Waals surface area contributed by atoms with Gasteiger partial charge in [-0.2, -0.15) is 0 Å².